The highest BCUT2D eigenvalue weighted by Gasteiger charge is 2.17. The molecule has 2 heterocycles. The third-order valence-corrected chi connectivity index (χ3v) is 4.32. The molecule has 0 bridgehead atoms. The summed E-state index contributed by atoms with van der Waals surface area (Å²) in [5.74, 6) is 1.10. The number of aromatic nitrogens is 2. The predicted octanol–water partition coefficient (Wildman–Crippen LogP) is 4.40. The van der Waals surface area contributed by atoms with Crippen molar-refractivity contribution in [2.75, 3.05) is 0 Å². The van der Waals surface area contributed by atoms with Crippen molar-refractivity contribution >= 4 is 17.4 Å². The molecular formula is C15H13N3O4S. The Morgan fingerprint density at radius 1 is 1.30 bits per heavy atom. The van der Waals surface area contributed by atoms with Crippen LogP contribution in [-0.4, -0.2) is 15.1 Å². The van der Waals surface area contributed by atoms with E-state index < -0.39 is 4.92 Å². The van der Waals surface area contributed by atoms with E-state index in [-0.39, 0.29) is 10.9 Å². The number of hydrogen-bond acceptors (Lipinski definition) is 7. The Morgan fingerprint density at radius 2 is 2.13 bits per heavy atom. The summed E-state index contributed by atoms with van der Waals surface area (Å²) in [7, 11) is 0. The van der Waals surface area contributed by atoms with Crippen LogP contribution in [0.5, 0.6) is 0 Å². The average Bonchev–Trinajstić information content (AvgIpc) is 3.16. The van der Waals surface area contributed by atoms with Crippen LogP contribution in [0.3, 0.4) is 0 Å². The Morgan fingerprint density at radius 3 is 2.83 bits per heavy atom. The number of nitrogens with zero attached hydrogens (tertiary/aromatic N) is 3. The Balaban J connectivity index is 1.77. The maximum absolute atomic E-state index is 10.8. The Labute approximate surface area is 135 Å². The molecule has 0 fully saturated rings. The van der Waals surface area contributed by atoms with Crippen molar-refractivity contribution in [1.82, 2.24) is 10.2 Å². The van der Waals surface area contributed by atoms with Gasteiger partial charge in [0.25, 0.3) is 16.8 Å². The minimum atomic E-state index is -0.409. The fraction of sp³-hybridized carbons (Fsp3) is 0.200. The molecule has 0 saturated carbocycles. The predicted molar refractivity (Wildman–Crippen MR) is 84.1 cm³/mol. The van der Waals surface area contributed by atoms with Crippen LogP contribution in [0.2, 0.25) is 0 Å². The first-order valence-electron chi connectivity index (χ1n) is 6.83. The summed E-state index contributed by atoms with van der Waals surface area (Å²) in [4.78, 5) is 10.4. The van der Waals surface area contributed by atoms with E-state index in [0.29, 0.717) is 16.9 Å². The monoisotopic (exact) mass is 331 g/mol. The molecule has 0 aliphatic rings. The average molecular weight is 331 g/mol. The molecule has 118 valence electrons. The number of rotatable bonds is 5. The van der Waals surface area contributed by atoms with Gasteiger partial charge in [0.2, 0.25) is 0 Å². The minimum absolute atomic E-state index is 0.0614. The number of non-ortho nitro benzene ring substituents is 1. The number of furan rings is 1. The van der Waals surface area contributed by atoms with Crippen LogP contribution in [-0.2, 0) is 0 Å². The second-order valence-corrected chi connectivity index (χ2v) is 6.17. The Hall–Kier alpha value is -2.61. The van der Waals surface area contributed by atoms with Crippen molar-refractivity contribution in [2.45, 2.75) is 24.3 Å². The van der Waals surface area contributed by atoms with E-state index in [1.807, 2.05) is 19.9 Å². The Bertz CT molecular complexity index is 843. The maximum atomic E-state index is 10.8. The quantitative estimate of drug-likeness (QED) is 0.388. The molecule has 0 saturated heterocycles. The van der Waals surface area contributed by atoms with E-state index in [4.69, 9.17) is 8.83 Å². The molecule has 3 rings (SSSR count). The molecule has 8 heteroatoms. The van der Waals surface area contributed by atoms with Gasteiger partial charge in [-0.05, 0) is 25.5 Å². The number of aryl methyl sites for hydroxylation is 1. The van der Waals surface area contributed by atoms with Crippen molar-refractivity contribution < 1.29 is 13.8 Å². The first-order chi connectivity index (χ1) is 11.0. The van der Waals surface area contributed by atoms with Gasteiger partial charge < -0.3 is 8.83 Å². The van der Waals surface area contributed by atoms with Crippen molar-refractivity contribution in [3.63, 3.8) is 0 Å². The lowest BCUT2D eigenvalue weighted by Crippen LogP contribution is -1.92. The molecule has 1 aromatic carbocycles. The highest BCUT2D eigenvalue weighted by Crippen LogP contribution is 2.36. The first kappa shape index (κ1) is 15.3. The molecule has 23 heavy (non-hydrogen) atoms. The molecule has 0 unspecified atom stereocenters. The highest BCUT2D eigenvalue weighted by molar-refractivity contribution is 7.99. The van der Waals surface area contributed by atoms with Gasteiger partial charge in [-0.1, -0.05) is 23.9 Å². The van der Waals surface area contributed by atoms with Crippen LogP contribution in [0.1, 0.15) is 23.5 Å². The second-order valence-electron chi connectivity index (χ2n) is 4.88. The number of nitro groups is 1. The van der Waals surface area contributed by atoms with E-state index in [1.54, 1.807) is 24.5 Å². The van der Waals surface area contributed by atoms with E-state index in [9.17, 15) is 10.1 Å². The number of hydrogen-bond donors (Lipinski definition) is 0. The lowest BCUT2D eigenvalue weighted by atomic mass is 10.1. The van der Waals surface area contributed by atoms with Gasteiger partial charge in [0.1, 0.15) is 5.76 Å². The van der Waals surface area contributed by atoms with Gasteiger partial charge in [-0.25, -0.2) is 0 Å². The minimum Gasteiger partial charge on any atom is -0.469 e. The first-order valence-corrected chi connectivity index (χ1v) is 7.71. The van der Waals surface area contributed by atoms with E-state index in [1.165, 1.54) is 17.8 Å². The fourth-order valence-electron chi connectivity index (χ4n) is 2.08. The van der Waals surface area contributed by atoms with Gasteiger partial charge in [0.15, 0.2) is 0 Å². The molecule has 0 aliphatic carbocycles. The van der Waals surface area contributed by atoms with Gasteiger partial charge in [0.05, 0.1) is 16.7 Å². The molecule has 7 nitrogen and oxygen atoms in total. The van der Waals surface area contributed by atoms with E-state index in [0.717, 1.165) is 11.1 Å². The summed E-state index contributed by atoms with van der Waals surface area (Å²) in [5, 5.41) is 19.2. The molecule has 1 atom stereocenters. The summed E-state index contributed by atoms with van der Waals surface area (Å²) in [6.45, 7) is 3.74. The van der Waals surface area contributed by atoms with Gasteiger partial charge >= 0.3 is 0 Å². The van der Waals surface area contributed by atoms with Crippen molar-refractivity contribution in [1.29, 1.82) is 0 Å². The van der Waals surface area contributed by atoms with E-state index >= 15 is 0 Å². The third kappa shape index (κ3) is 3.26. The molecule has 0 spiro atoms. The van der Waals surface area contributed by atoms with Crippen molar-refractivity contribution in [3.05, 3.63) is 58.0 Å². The summed E-state index contributed by atoms with van der Waals surface area (Å²) in [5.41, 5.74) is 1.64. The second kappa shape index (κ2) is 6.25. The number of thioether (sulfide) groups is 1. The van der Waals surface area contributed by atoms with Crippen molar-refractivity contribution in [3.8, 4) is 11.5 Å². The molecule has 0 amide bonds. The van der Waals surface area contributed by atoms with Crippen LogP contribution in [0.4, 0.5) is 5.69 Å². The molecular weight excluding hydrogens is 318 g/mol. The lowest BCUT2D eigenvalue weighted by molar-refractivity contribution is -0.384. The third-order valence-electron chi connectivity index (χ3n) is 3.32. The van der Waals surface area contributed by atoms with Gasteiger partial charge in [-0.2, -0.15) is 0 Å². The SMILES string of the molecule is Cc1occc1-c1nnc(S[C@H](C)c2cccc([N+](=O)[O-])c2)o1. The molecule has 0 N–H and O–H groups in total. The van der Waals surface area contributed by atoms with Crippen LogP contribution in [0, 0.1) is 17.0 Å². The smallest absolute Gasteiger partial charge is 0.277 e. The van der Waals surface area contributed by atoms with Crippen LogP contribution in [0.15, 0.2) is 50.7 Å². The number of nitro benzene ring substituents is 1. The zero-order valence-electron chi connectivity index (χ0n) is 12.4. The van der Waals surface area contributed by atoms with Gasteiger partial charge in [-0.3, -0.25) is 10.1 Å². The molecule has 2 aromatic heterocycles. The summed E-state index contributed by atoms with van der Waals surface area (Å²) in [6.07, 6.45) is 1.56. The largest absolute Gasteiger partial charge is 0.469 e. The number of benzene rings is 1. The van der Waals surface area contributed by atoms with Crippen molar-refractivity contribution in [2.24, 2.45) is 0 Å². The van der Waals surface area contributed by atoms with Gasteiger partial charge in [0, 0.05) is 17.4 Å². The maximum Gasteiger partial charge on any atom is 0.277 e. The molecule has 3 aromatic rings. The van der Waals surface area contributed by atoms with Crippen LogP contribution in [0.25, 0.3) is 11.5 Å². The molecule has 0 aliphatic heterocycles. The van der Waals surface area contributed by atoms with Gasteiger partial charge in [-0.15, -0.1) is 10.2 Å². The zero-order chi connectivity index (χ0) is 16.4. The normalized spacial score (nSPS) is 12.3. The Kier molecular flexibility index (Phi) is 4.16. The summed E-state index contributed by atoms with van der Waals surface area (Å²) in [6, 6.07) is 8.28. The standard InChI is InChI=1S/C15H13N3O4S/c1-9-13(6-7-21-9)14-16-17-15(22-14)23-10(2)11-4-3-5-12(8-11)18(19)20/h3-8,10H,1-2H3/t10-/m1/s1. The van der Waals surface area contributed by atoms with Crippen LogP contribution < -0.4 is 0 Å². The fourth-order valence-corrected chi connectivity index (χ4v) is 2.88. The summed E-state index contributed by atoms with van der Waals surface area (Å²) < 4.78 is 10.8. The lowest BCUT2D eigenvalue weighted by Gasteiger charge is -2.08. The highest BCUT2D eigenvalue weighted by atomic mass is 32.2. The summed E-state index contributed by atoms with van der Waals surface area (Å²) >= 11 is 1.35. The van der Waals surface area contributed by atoms with E-state index in [2.05, 4.69) is 10.2 Å². The topological polar surface area (TPSA) is 95.2 Å². The van der Waals surface area contributed by atoms with Crippen LogP contribution >= 0.6 is 11.8 Å². The molecule has 0 radical (unpaired) electrons. The zero-order valence-corrected chi connectivity index (χ0v) is 13.2.